The first-order valence-electron chi connectivity index (χ1n) is 11.5. The Labute approximate surface area is 168 Å². The van der Waals surface area contributed by atoms with Crippen molar-refractivity contribution in [3.05, 3.63) is 0 Å². The zero-order valence-electron chi connectivity index (χ0n) is 17.3. The summed E-state index contributed by atoms with van der Waals surface area (Å²) in [5.41, 5.74) is 0.113. The molecule has 4 rings (SSSR count). The lowest BCUT2D eigenvalue weighted by atomic mass is 9.45. The molecule has 0 aliphatic heterocycles. The van der Waals surface area contributed by atoms with E-state index < -0.39 is 5.97 Å². The number of hydrogen-bond donors (Lipinski definition) is 4. The monoisotopic (exact) mass is 394 g/mol. The standard InChI is InChI=1S/C23H38O5/c1-12(3-6-20(27)28)15-4-5-16-21(15)19(26)11-17-22(16)18(25)10-13-9-14(24)7-8-23(13,17)2/h12-19,21-22,24-26H,3-11H2,1-2H3,(H,27,28)/t12-,13-,14?,15?,16+,17-,18?,19?,21?,22-,23-/m0/s1. The van der Waals surface area contributed by atoms with E-state index in [0.717, 1.165) is 44.9 Å². The summed E-state index contributed by atoms with van der Waals surface area (Å²) in [7, 11) is 0. The van der Waals surface area contributed by atoms with Gasteiger partial charge < -0.3 is 20.4 Å². The second-order valence-corrected chi connectivity index (χ2v) is 10.8. The van der Waals surface area contributed by atoms with Gasteiger partial charge in [-0.3, -0.25) is 4.79 Å². The van der Waals surface area contributed by atoms with E-state index in [1.54, 1.807) is 0 Å². The number of carboxylic acid groups (broad SMARTS) is 1. The summed E-state index contributed by atoms with van der Waals surface area (Å²) in [5.74, 6) is 1.41. The lowest BCUT2D eigenvalue weighted by Gasteiger charge is -2.61. The van der Waals surface area contributed by atoms with Crippen LogP contribution in [0.25, 0.3) is 0 Å². The molecule has 5 heteroatoms. The molecule has 4 N–H and O–H groups in total. The zero-order chi connectivity index (χ0) is 20.2. The normalized spacial score (nSPS) is 51.7. The molecule has 5 nitrogen and oxygen atoms in total. The lowest BCUT2D eigenvalue weighted by Crippen LogP contribution is -2.59. The molecule has 0 bridgehead atoms. The number of aliphatic carboxylic acids is 1. The van der Waals surface area contributed by atoms with Gasteiger partial charge in [0.05, 0.1) is 18.3 Å². The molecule has 0 aromatic rings. The predicted octanol–water partition coefficient (Wildman–Crippen LogP) is 3.06. The SMILES string of the molecule is C[C@@H](CCC(=O)O)C1CC[C@@H]2C1C(O)C[C@H]1[C@H]2C(O)C[C@@H]2CC(O)CC[C@@]21C. The predicted molar refractivity (Wildman–Crippen MR) is 105 cm³/mol. The first-order chi connectivity index (χ1) is 13.2. The van der Waals surface area contributed by atoms with Crippen LogP contribution in [0.4, 0.5) is 0 Å². The third kappa shape index (κ3) is 3.31. The van der Waals surface area contributed by atoms with Crippen molar-refractivity contribution in [2.24, 2.45) is 46.8 Å². The molecule has 0 radical (unpaired) electrons. The topological polar surface area (TPSA) is 98.0 Å². The quantitative estimate of drug-likeness (QED) is 0.587. The summed E-state index contributed by atoms with van der Waals surface area (Å²) in [6.45, 7) is 4.49. The van der Waals surface area contributed by atoms with Crippen molar-refractivity contribution in [1.82, 2.24) is 0 Å². The largest absolute Gasteiger partial charge is 0.481 e. The van der Waals surface area contributed by atoms with Gasteiger partial charge in [-0.25, -0.2) is 0 Å². The van der Waals surface area contributed by atoms with Gasteiger partial charge in [-0.2, -0.15) is 0 Å². The molecule has 4 fully saturated rings. The van der Waals surface area contributed by atoms with E-state index in [2.05, 4.69) is 13.8 Å². The number of aliphatic hydroxyl groups is 3. The number of fused-ring (bicyclic) bond motifs is 5. The van der Waals surface area contributed by atoms with Gasteiger partial charge in [-0.05, 0) is 98.2 Å². The van der Waals surface area contributed by atoms with Crippen LogP contribution in [0.5, 0.6) is 0 Å². The molecule has 4 aliphatic rings. The summed E-state index contributed by atoms with van der Waals surface area (Å²) < 4.78 is 0. The van der Waals surface area contributed by atoms with E-state index in [-0.39, 0.29) is 42.0 Å². The Balaban J connectivity index is 1.55. The first kappa shape index (κ1) is 20.6. The number of aliphatic hydroxyl groups excluding tert-OH is 3. The Hall–Kier alpha value is -0.650. The van der Waals surface area contributed by atoms with Gasteiger partial charge in [-0.1, -0.05) is 13.8 Å². The molecule has 5 unspecified atom stereocenters. The minimum atomic E-state index is -0.744. The minimum Gasteiger partial charge on any atom is -0.481 e. The van der Waals surface area contributed by atoms with Crippen molar-refractivity contribution in [3.8, 4) is 0 Å². The number of hydrogen-bond acceptors (Lipinski definition) is 4. The molecule has 0 spiro atoms. The molecule has 4 saturated carbocycles. The zero-order valence-corrected chi connectivity index (χ0v) is 17.3. The molecular formula is C23H38O5. The van der Waals surface area contributed by atoms with E-state index in [9.17, 15) is 20.1 Å². The van der Waals surface area contributed by atoms with Gasteiger partial charge in [0.15, 0.2) is 0 Å². The molecule has 4 aliphatic carbocycles. The van der Waals surface area contributed by atoms with Gasteiger partial charge in [0.25, 0.3) is 0 Å². The van der Waals surface area contributed by atoms with Gasteiger partial charge in [0.2, 0.25) is 0 Å². The average Bonchev–Trinajstić information content (AvgIpc) is 3.07. The van der Waals surface area contributed by atoms with Crippen LogP contribution in [-0.4, -0.2) is 44.7 Å². The van der Waals surface area contributed by atoms with Gasteiger partial charge in [0, 0.05) is 6.42 Å². The lowest BCUT2D eigenvalue weighted by molar-refractivity contribution is -0.181. The molecule has 28 heavy (non-hydrogen) atoms. The Morgan fingerprint density at radius 2 is 1.75 bits per heavy atom. The summed E-state index contributed by atoms with van der Waals surface area (Å²) in [6.07, 6.45) is 6.20. The van der Waals surface area contributed by atoms with Crippen LogP contribution < -0.4 is 0 Å². The molecule has 160 valence electrons. The molecule has 0 saturated heterocycles. The Morgan fingerprint density at radius 1 is 1.04 bits per heavy atom. The highest BCUT2D eigenvalue weighted by atomic mass is 16.4. The van der Waals surface area contributed by atoms with E-state index in [0.29, 0.717) is 36.0 Å². The fraction of sp³-hybridized carbons (Fsp3) is 0.957. The highest BCUT2D eigenvalue weighted by molar-refractivity contribution is 5.66. The maximum Gasteiger partial charge on any atom is 0.303 e. The summed E-state index contributed by atoms with van der Waals surface area (Å²) in [5, 5.41) is 41.5. The fourth-order valence-corrected chi connectivity index (χ4v) is 8.17. The molecule has 0 amide bonds. The van der Waals surface area contributed by atoms with Crippen LogP contribution in [-0.2, 0) is 4.79 Å². The second kappa shape index (κ2) is 7.55. The summed E-state index contributed by atoms with van der Waals surface area (Å²) >= 11 is 0. The molecular weight excluding hydrogens is 356 g/mol. The second-order valence-electron chi connectivity index (χ2n) is 10.8. The van der Waals surface area contributed by atoms with E-state index in [1.807, 2.05) is 0 Å². The molecule has 0 aromatic carbocycles. The van der Waals surface area contributed by atoms with Gasteiger partial charge in [-0.15, -0.1) is 0 Å². The van der Waals surface area contributed by atoms with E-state index in [4.69, 9.17) is 5.11 Å². The minimum absolute atomic E-state index is 0.113. The van der Waals surface area contributed by atoms with Crippen molar-refractivity contribution in [2.45, 2.75) is 89.9 Å². The number of carboxylic acids is 1. The van der Waals surface area contributed by atoms with E-state index in [1.165, 1.54) is 0 Å². The number of rotatable bonds is 4. The van der Waals surface area contributed by atoms with Crippen LogP contribution >= 0.6 is 0 Å². The highest BCUT2D eigenvalue weighted by Crippen LogP contribution is 2.64. The highest BCUT2D eigenvalue weighted by Gasteiger charge is 2.61. The van der Waals surface area contributed by atoms with Crippen LogP contribution in [0, 0.1) is 46.8 Å². The van der Waals surface area contributed by atoms with Crippen LogP contribution in [0.2, 0.25) is 0 Å². The Bertz CT molecular complexity index is 594. The summed E-state index contributed by atoms with van der Waals surface area (Å²) in [4.78, 5) is 11.0. The fourth-order valence-electron chi connectivity index (χ4n) is 8.17. The Kier molecular flexibility index (Phi) is 5.56. The van der Waals surface area contributed by atoms with Gasteiger partial charge in [0.1, 0.15) is 0 Å². The van der Waals surface area contributed by atoms with Crippen LogP contribution in [0.1, 0.15) is 71.6 Å². The smallest absolute Gasteiger partial charge is 0.303 e. The van der Waals surface area contributed by atoms with Crippen molar-refractivity contribution in [1.29, 1.82) is 0 Å². The average molecular weight is 395 g/mol. The summed E-state index contributed by atoms with van der Waals surface area (Å²) in [6, 6.07) is 0. The van der Waals surface area contributed by atoms with Crippen molar-refractivity contribution in [3.63, 3.8) is 0 Å². The molecule has 11 atom stereocenters. The third-order valence-corrected chi connectivity index (χ3v) is 9.59. The van der Waals surface area contributed by atoms with Crippen molar-refractivity contribution < 1.29 is 25.2 Å². The Morgan fingerprint density at radius 3 is 2.46 bits per heavy atom. The van der Waals surface area contributed by atoms with Crippen molar-refractivity contribution in [2.75, 3.05) is 0 Å². The first-order valence-corrected chi connectivity index (χ1v) is 11.5. The van der Waals surface area contributed by atoms with Crippen molar-refractivity contribution >= 4 is 5.97 Å². The maximum atomic E-state index is 11.2. The third-order valence-electron chi connectivity index (χ3n) is 9.59. The van der Waals surface area contributed by atoms with E-state index >= 15 is 0 Å². The number of carbonyl (C=O) groups is 1. The molecule has 0 aromatic heterocycles. The van der Waals surface area contributed by atoms with Crippen LogP contribution in [0.15, 0.2) is 0 Å². The van der Waals surface area contributed by atoms with Crippen LogP contribution in [0.3, 0.4) is 0 Å². The molecule has 0 heterocycles. The maximum absolute atomic E-state index is 11.2. The van der Waals surface area contributed by atoms with Gasteiger partial charge >= 0.3 is 5.97 Å².